The lowest BCUT2D eigenvalue weighted by molar-refractivity contribution is -0.384. The van der Waals surface area contributed by atoms with Crippen LogP contribution >= 0.6 is 0 Å². The molecule has 0 unspecified atom stereocenters. The van der Waals surface area contributed by atoms with Crippen LogP contribution in [0.25, 0.3) is 0 Å². The van der Waals surface area contributed by atoms with Gasteiger partial charge in [-0.1, -0.05) is 88.4 Å². The number of rotatable bonds is 30. The van der Waals surface area contributed by atoms with Gasteiger partial charge in [0.15, 0.2) is 6.29 Å². The van der Waals surface area contributed by atoms with Crippen LogP contribution in [0.15, 0.2) is 90.1 Å². The summed E-state index contributed by atoms with van der Waals surface area (Å²) in [5.74, 6) is -0.190. The zero-order chi connectivity index (χ0) is 49.2. The fourth-order valence-corrected chi connectivity index (χ4v) is 10.6. The molecule has 69 heavy (non-hydrogen) atoms. The van der Waals surface area contributed by atoms with E-state index >= 15 is 0 Å². The first-order valence-corrected chi connectivity index (χ1v) is 25.1. The van der Waals surface area contributed by atoms with Gasteiger partial charge in [-0.05, 0) is 104 Å². The Labute approximate surface area is 407 Å². The lowest BCUT2D eigenvalue weighted by Gasteiger charge is -2.59. The van der Waals surface area contributed by atoms with Gasteiger partial charge < -0.3 is 38.9 Å². The van der Waals surface area contributed by atoms with Gasteiger partial charge in [-0.25, -0.2) is 0 Å². The average molecular weight is 952 g/mol. The fraction of sp³-hybridized carbons (Fsp3) is 0.545. The van der Waals surface area contributed by atoms with E-state index in [0.717, 1.165) is 68.8 Å². The second kappa shape index (κ2) is 26.4. The Balaban J connectivity index is 1.45. The van der Waals surface area contributed by atoms with Gasteiger partial charge in [0.2, 0.25) is 11.7 Å². The van der Waals surface area contributed by atoms with Crippen molar-refractivity contribution in [3.05, 3.63) is 112 Å². The van der Waals surface area contributed by atoms with E-state index in [4.69, 9.17) is 28.9 Å². The highest BCUT2D eigenvalue weighted by Crippen LogP contribution is 2.62. The first-order valence-electron chi connectivity index (χ1n) is 25.1. The highest BCUT2D eigenvalue weighted by atomic mass is 16.7. The van der Waals surface area contributed by atoms with Crippen LogP contribution in [-0.4, -0.2) is 83.7 Å². The molecule has 3 aromatic rings. The number of hydrogen-bond donors (Lipinski definition) is 2. The Kier molecular flexibility index (Phi) is 20.2. The number of carbonyl (C=O) groups is 2. The highest BCUT2D eigenvalue weighted by Gasteiger charge is 2.65. The minimum Gasteiger partial charge on any atom is -0.496 e. The molecule has 14 heteroatoms. The number of methoxy groups -OCH3 is 1. The van der Waals surface area contributed by atoms with Crippen LogP contribution in [0.2, 0.25) is 0 Å². The summed E-state index contributed by atoms with van der Waals surface area (Å²) in [5.41, 5.74) is 3.46. The average Bonchev–Trinajstić information content (AvgIpc) is 3.36. The van der Waals surface area contributed by atoms with Crippen LogP contribution in [-0.2, 0) is 21.0 Å². The van der Waals surface area contributed by atoms with Gasteiger partial charge >= 0.3 is 0 Å². The van der Waals surface area contributed by atoms with Crippen molar-refractivity contribution in [2.75, 3.05) is 34.0 Å². The van der Waals surface area contributed by atoms with Crippen molar-refractivity contribution < 1.29 is 48.5 Å². The topological polar surface area (TPSA) is 179 Å². The van der Waals surface area contributed by atoms with Crippen LogP contribution in [0.3, 0.4) is 0 Å². The number of allylic oxidation sites excluding steroid dienone is 1. The molecular formula is C55H73N3O11. The number of aliphatic hydroxyl groups is 2. The molecule has 6 atom stereocenters. The maximum atomic E-state index is 14.5. The first-order chi connectivity index (χ1) is 33.6. The van der Waals surface area contributed by atoms with Crippen molar-refractivity contribution in [3.8, 4) is 23.0 Å². The standard InChI is InChI=1S/C55H73N3O11/c1-5-7-8-9-10-11-12-13-14-21-52(62)57(3)51-36-48(56-67-38-39-22-24-42(25-23-39)58(63)64)46-34-40(19-15-17-30-59)45(20-16-18-31-60)53-47-35-44(68-43-26-28-49(65-4)41(33-43)37-61)27-29-50(47)69-55(51,54(46)53)66-32-6-2/h6,22-29,33-35,37,40,45,51,53-54,59-60H,2,5,7-21,30-32,36,38H2,1,3-4H3/t40-,45+,51-,53+,54+,55+/m0/s1. The molecule has 1 amide bonds. The summed E-state index contributed by atoms with van der Waals surface area (Å²) in [6.07, 6.45) is 19.9. The number of ether oxygens (including phenoxy) is 4. The molecule has 2 N–H and O–H groups in total. The van der Waals surface area contributed by atoms with Crippen molar-refractivity contribution in [1.82, 2.24) is 4.90 Å². The largest absolute Gasteiger partial charge is 0.496 e. The van der Waals surface area contributed by atoms with Crippen LogP contribution in [0, 0.1) is 27.9 Å². The number of unbranched alkanes of at least 4 members (excludes halogenated alkanes) is 10. The van der Waals surface area contributed by atoms with Gasteiger partial charge in [0.05, 0.1) is 35.8 Å². The molecular weight excluding hydrogens is 879 g/mol. The van der Waals surface area contributed by atoms with Gasteiger partial charge in [-0.3, -0.25) is 19.7 Å². The van der Waals surface area contributed by atoms with E-state index in [9.17, 15) is 29.9 Å². The molecule has 0 spiro atoms. The molecule has 2 aliphatic carbocycles. The number of aldehydes is 1. The van der Waals surface area contributed by atoms with E-state index in [2.05, 4.69) is 19.6 Å². The van der Waals surface area contributed by atoms with Crippen molar-refractivity contribution >= 4 is 23.6 Å². The molecule has 0 aromatic heterocycles. The van der Waals surface area contributed by atoms with Crippen LogP contribution in [0.4, 0.5) is 5.69 Å². The van der Waals surface area contributed by atoms with Gasteiger partial charge in [-0.15, -0.1) is 6.58 Å². The van der Waals surface area contributed by atoms with E-state index in [-0.39, 0.29) is 62.2 Å². The highest BCUT2D eigenvalue weighted by molar-refractivity contribution is 6.03. The monoisotopic (exact) mass is 952 g/mol. The normalized spacial score (nSPS) is 21.8. The Morgan fingerprint density at radius 1 is 0.928 bits per heavy atom. The van der Waals surface area contributed by atoms with Crippen LogP contribution in [0.5, 0.6) is 23.0 Å². The Bertz CT molecular complexity index is 2230. The predicted molar refractivity (Wildman–Crippen MR) is 266 cm³/mol. The van der Waals surface area contributed by atoms with Crippen molar-refractivity contribution in [1.29, 1.82) is 0 Å². The number of nitro groups is 1. The number of hydrogen-bond acceptors (Lipinski definition) is 12. The smallest absolute Gasteiger partial charge is 0.269 e. The molecule has 1 aliphatic heterocycles. The third-order valence-corrected chi connectivity index (χ3v) is 14.1. The summed E-state index contributed by atoms with van der Waals surface area (Å²) in [7, 11) is 3.34. The zero-order valence-corrected chi connectivity index (χ0v) is 40.9. The minimum absolute atomic E-state index is 0.000240. The van der Waals surface area contributed by atoms with E-state index < -0.39 is 22.7 Å². The number of benzene rings is 3. The SMILES string of the molecule is C=CCO[C@@]12Oc3ccc(Oc4ccc(OC)c(C=O)c4)cc3[C@H]3[C@H](CCCCO)[C@@H](CCCCO)C=C(C(=NOCc4ccc([N+](=O)[O-])cc4)C[C@@H]1N(C)C(=O)CCCCCCCCCCC)[C@H]32. The van der Waals surface area contributed by atoms with Gasteiger partial charge in [-0.2, -0.15) is 0 Å². The minimum atomic E-state index is -1.40. The van der Waals surface area contributed by atoms with E-state index in [1.807, 2.05) is 25.2 Å². The lowest BCUT2D eigenvalue weighted by Crippen LogP contribution is -2.69. The lowest BCUT2D eigenvalue weighted by atomic mass is 9.55. The molecule has 14 nitrogen and oxygen atoms in total. The molecule has 0 saturated heterocycles. The number of aliphatic hydroxyl groups excluding tert-OH is 2. The number of likely N-dealkylation sites (N-methyl/N-ethyl adjacent to an activating group) is 1. The number of carbonyl (C=O) groups excluding carboxylic acids is 2. The molecule has 0 radical (unpaired) electrons. The molecule has 374 valence electrons. The van der Waals surface area contributed by atoms with E-state index in [1.165, 1.54) is 51.3 Å². The Hall–Kier alpha value is -5.57. The predicted octanol–water partition coefficient (Wildman–Crippen LogP) is 11.4. The third kappa shape index (κ3) is 13.2. The van der Waals surface area contributed by atoms with E-state index in [0.29, 0.717) is 59.1 Å². The van der Waals surface area contributed by atoms with Crippen LogP contribution in [0.1, 0.15) is 143 Å². The summed E-state index contributed by atoms with van der Waals surface area (Å²) in [5, 5.41) is 36.2. The quantitative estimate of drug-likeness (QED) is 0.0213. The van der Waals surface area contributed by atoms with Crippen molar-refractivity contribution in [3.63, 3.8) is 0 Å². The number of nitrogens with zero attached hydrogens (tertiary/aromatic N) is 3. The second-order valence-corrected chi connectivity index (χ2v) is 18.7. The number of nitro benzene ring substituents is 1. The second-order valence-electron chi connectivity index (χ2n) is 18.7. The van der Waals surface area contributed by atoms with Crippen molar-refractivity contribution in [2.24, 2.45) is 22.9 Å². The summed E-state index contributed by atoms with van der Waals surface area (Å²) in [6.45, 7) is 6.58. The zero-order valence-electron chi connectivity index (χ0n) is 40.9. The Morgan fingerprint density at radius 2 is 1.61 bits per heavy atom. The van der Waals surface area contributed by atoms with Gasteiger partial charge in [0, 0.05) is 56.7 Å². The summed E-state index contributed by atoms with van der Waals surface area (Å²) in [4.78, 5) is 45.4. The van der Waals surface area contributed by atoms with Gasteiger partial charge in [0.1, 0.15) is 35.6 Å². The molecule has 1 fully saturated rings. The van der Waals surface area contributed by atoms with Crippen LogP contribution < -0.4 is 14.2 Å². The summed E-state index contributed by atoms with van der Waals surface area (Å²) < 4.78 is 26.2. The number of non-ortho nitro benzene ring substituents is 1. The third-order valence-electron chi connectivity index (χ3n) is 14.1. The van der Waals surface area contributed by atoms with Crippen molar-refractivity contribution in [2.45, 2.75) is 140 Å². The molecule has 3 aliphatic rings. The number of fused-ring (bicyclic) bond motifs is 2. The Morgan fingerprint density at radius 3 is 2.28 bits per heavy atom. The van der Waals surface area contributed by atoms with E-state index in [1.54, 1.807) is 41.3 Å². The molecule has 0 bridgehead atoms. The maximum Gasteiger partial charge on any atom is 0.269 e. The maximum absolute atomic E-state index is 14.5. The number of amides is 1. The fourth-order valence-electron chi connectivity index (χ4n) is 10.6. The number of oxime groups is 1. The summed E-state index contributed by atoms with van der Waals surface area (Å²) in [6, 6.07) is 16.3. The summed E-state index contributed by atoms with van der Waals surface area (Å²) >= 11 is 0. The van der Waals surface area contributed by atoms with Gasteiger partial charge in [0.25, 0.3) is 5.69 Å². The molecule has 1 heterocycles. The molecule has 1 saturated carbocycles. The molecule has 3 aromatic carbocycles. The molecule has 6 rings (SSSR count). The first kappa shape index (κ1) is 52.8.